The van der Waals surface area contributed by atoms with Gasteiger partial charge < -0.3 is 4.90 Å². The van der Waals surface area contributed by atoms with E-state index in [-0.39, 0.29) is 10.8 Å². The van der Waals surface area contributed by atoms with Crippen molar-refractivity contribution in [3.05, 3.63) is 144 Å². The van der Waals surface area contributed by atoms with Crippen LogP contribution in [0.15, 0.2) is 121 Å². The molecule has 1 aromatic heterocycles. The molecule has 1 spiro atoms. The molecule has 0 aliphatic heterocycles. The Morgan fingerprint density at radius 3 is 2.04 bits per heavy atom. The molecule has 6 aromatic rings. The molecule has 48 heavy (non-hydrogen) atoms. The van der Waals surface area contributed by atoms with Gasteiger partial charge in [-0.3, -0.25) is 4.98 Å². The molecule has 4 fully saturated rings. The van der Waals surface area contributed by atoms with Crippen molar-refractivity contribution in [3.8, 4) is 22.3 Å². The van der Waals surface area contributed by atoms with Crippen molar-refractivity contribution in [3.63, 3.8) is 0 Å². The second-order valence-corrected chi connectivity index (χ2v) is 16.0. The predicted octanol–water partition coefficient (Wildman–Crippen LogP) is 11.7. The van der Waals surface area contributed by atoms with Crippen LogP contribution >= 0.6 is 0 Å². The smallest absolute Gasteiger partial charge is 0.0703 e. The Morgan fingerprint density at radius 1 is 0.562 bits per heavy atom. The van der Waals surface area contributed by atoms with Crippen LogP contribution in [-0.4, -0.2) is 4.98 Å². The predicted molar refractivity (Wildman–Crippen MR) is 197 cm³/mol. The number of hydrogen-bond acceptors (Lipinski definition) is 2. The van der Waals surface area contributed by atoms with E-state index >= 15 is 0 Å². The van der Waals surface area contributed by atoms with Crippen LogP contribution in [0.3, 0.4) is 0 Å². The van der Waals surface area contributed by atoms with Gasteiger partial charge in [-0.25, -0.2) is 0 Å². The second kappa shape index (κ2) is 9.47. The molecule has 6 aliphatic rings. The Labute approximate surface area is 283 Å². The van der Waals surface area contributed by atoms with Crippen LogP contribution in [0.25, 0.3) is 33.2 Å². The van der Waals surface area contributed by atoms with Gasteiger partial charge in [-0.05, 0) is 137 Å². The van der Waals surface area contributed by atoms with Gasteiger partial charge in [0, 0.05) is 39.4 Å². The summed E-state index contributed by atoms with van der Waals surface area (Å²) in [6.45, 7) is 4.77. The van der Waals surface area contributed by atoms with Crippen LogP contribution in [0.5, 0.6) is 0 Å². The molecule has 0 amide bonds. The Kier molecular flexibility index (Phi) is 5.38. The van der Waals surface area contributed by atoms with Crippen molar-refractivity contribution in [2.45, 2.75) is 56.8 Å². The number of rotatable bonds is 3. The van der Waals surface area contributed by atoms with E-state index in [9.17, 15) is 0 Å². The Hall–Kier alpha value is -4.69. The van der Waals surface area contributed by atoms with Gasteiger partial charge in [0.05, 0.1) is 11.2 Å². The third-order valence-electron chi connectivity index (χ3n) is 13.5. The van der Waals surface area contributed by atoms with E-state index in [1.807, 2.05) is 6.20 Å². The van der Waals surface area contributed by atoms with Crippen molar-refractivity contribution in [1.29, 1.82) is 0 Å². The molecule has 2 nitrogen and oxygen atoms in total. The first-order chi connectivity index (χ1) is 23.5. The minimum absolute atomic E-state index is 0.0646. The first kappa shape index (κ1) is 27.3. The van der Waals surface area contributed by atoms with Crippen molar-refractivity contribution in [2.75, 3.05) is 4.90 Å². The molecule has 2 heteroatoms. The summed E-state index contributed by atoms with van der Waals surface area (Å²) >= 11 is 0. The Morgan fingerprint density at radius 2 is 1.23 bits per heavy atom. The summed E-state index contributed by atoms with van der Waals surface area (Å²) in [7, 11) is 0. The molecule has 0 radical (unpaired) electrons. The van der Waals surface area contributed by atoms with Crippen molar-refractivity contribution in [2.24, 2.45) is 23.7 Å². The topological polar surface area (TPSA) is 16.1 Å². The van der Waals surface area contributed by atoms with Crippen molar-refractivity contribution >= 4 is 28.0 Å². The number of hydrogen-bond donors (Lipinski definition) is 0. The van der Waals surface area contributed by atoms with Gasteiger partial charge in [0.2, 0.25) is 0 Å². The monoisotopic (exact) mass is 620 g/mol. The summed E-state index contributed by atoms with van der Waals surface area (Å²) < 4.78 is 0. The SMILES string of the molecule is CC1(C)c2ccccc2-c2c(N(c3ccc4c(c3)C3(c5ccccc5-4)C4CC5CC(C4)CC3C5)c3ccc4ncccc4c3)cccc21. The molecule has 4 bridgehead atoms. The molecule has 234 valence electrons. The largest absolute Gasteiger partial charge is 0.310 e. The van der Waals surface area contributed by atoms with Gasteiger partial charge in [-0.2, -0.15) is 0 Å². The number of anilines is 3. The minimum Gasteiger partial charge on any atom is -0.310 e. The van der Waals surface area contributed by atoms with E-state index in [0.717, 1.165) is 29.2 Å². The van der Waals surface area contributed by atoms with Gasteiger partial charge in [0.1, 0.15) is 0 Å². The van der Waals surface area contributed by atoms with Crippen LogP contribution in [0.1, 0.15) is 68.2 Å². The van der Waals surface area contributed by atoms with Gasteiger partial charge in [-0.15, -0.1) is 0 Å². The number of benzene rings is 5. The van der Waals surface area contributed by atoms with E-state index in [0.29, 0.717) is 0 Å². The van der Waals surface area contributed by atoms with E-state index < -0.39 is 0 Å². The van der Waals surface area contributed by atoms with Gasteiger partial charge in [0.25, 0.3) is 0 Å². The summed E-state index contributed by atoms with van der Waals surface area (Å²) in [5, 5.41) is 1.17. The van der Waals surface area contributed by atoms with Crippen molar-refractivity contribution in [1.82, 2.24) is 4.98 Å². The first-order valence-corrected chi connectivity index (χ1v) is 18.1. The van der Waals surface area contributed by atoms with Crippen LogP contribution in [0, 0.1) is 23.7 Å². The Balaban J connectivity index is 1.18. The quantitative estimate of drug-likeness (QED) is 0.196. The summed E-state index contributed by atoms with van der Waals surface area (Å²) in [6.07, 6.45) is 8.94. The van der Waals surface area contributed by atoms with Crippen LogP contribution in [0.4, 0.5) is 17.1 Å². The molecule has 0 unspecified atom stereocenters. The average Bonchev–Trinajstić information content (AvgIpc) is 3.53. The maximum absolute atomic E-state index is 4.68. The molecule has 0 atom stereocenters. The zero-order chi connectivity index (χ0) is 31.8. The number of aromatic nitrogens is 1. The van der Waals surface area contributed by atoms with E-state index in [2.05, 4.69) is 139 Å². The highest BCUT2D eigenvalue weighted by atomic mass is 15.1. The molecule has 5 aromatic carbocycles. The zero-order valence-corrected chi connectivity index (χ0v) is 27.8. The third kappa shape index (κ3) is 3.41. The number of fused-ring (bicyclic) bond motifs is 7. The van der Waals surface area contributed by atoms with Crippen LogP contribution in [-0.2, 0) is 10.8 Å². The Bertz CT molecular complexity index is 2280. The molecule has 6 aliphatic carbocycles. The fourth-order valence-corrected chi connectivity index (χ4v) is 11.8. The third-order valence-corrected chi connectivity index (χ3v) is 13.5. The minimum atomic E-state index is -0.0646. The van der Waals surface area contributed by atoms with Crippen LogP contribution in [0.2, 0.25) is 0 Å². The van der Waals surface area contributed by atoms with Crippen LogP contribution < -0.4 is 4.90 Å². The molecule has 4 saturated carbocycles. The zero-order valence-electron chi connectivity index (χ0n) is 27.8. The van der Waals surface area contributed by atoms with Crippen molar-refractivity contribution < 1.29 is 0 Å². The van der Waals surface area contributed by atoms with E-state index in [1.165, 1.54) is 87.9 Å². The van der Waals surface area contributed by atoms with Gasteiger partial charge in [-0.1, -0.05) is 86.6 Å². The molecular weight excluding hydrogens is 581 g/mol. The number of nitrogens with zero attached hydrogens (tertiary/aromatic N) is 2. The van der Waals surface area contributed by atoms with Gasteiger partial charge >= 0.3 is 0 Å². The molecule has 0 N–H and O–H groups in total. The van der Waals surface area contributed by atoms with E-state index in [1.54, 1.807) is 11.1 Å². The fourth-order valence-electron chi connectivity index (χ4n) is 11.8. The standard InChI is InChI=1S/C46H40N2/c1-45(2)38-12-5-4-11-37(38)44-40(45)14-7-15-43(44)48(33-17-19-42-30(26-33)9-8-20-47-42)34-16-18-36-35-10-3-6-13-39(35)46(41(36)27-34)31-22-28-21-29(24-31)25-32(46)23-28/h3-20,26-29,31-32H,21-25H2,1-2H3. The summed E-state index contributed by atoms with van der Waals surface area (Å²) in [5.41, 5.74) is 16.5. The highest BCUT2D eigenvalue weighted by Gasteiger charge is 2.61. The second-order valence-electron chi connectivity index (χ2n) is 16.0. The average molecular weight is 621 g/mol. The maximum atomic E-state index is 4.68. The summed E-state index contributed by atoms with van der Waals surface area (Å²) in [6, 6.07) is 44.1. The lowest BCUT2D eigenvalue weighted by Gasteiger charge is -2.61. The lowest BCUT2D eigenvalue weighted by atomic mass is 9.43. The molecular formula is C46H40N2. The first-order valence-electron chi connectivity index (χ1n) is 18.1. The lowest BCUT2D eigenvalue weighted by Crippen LogP contribution is -2.55. The highest BCUT2D eigenvalue weighted by molar-refractivity contribution is 5.97. The summed E-state index contributed by atoms with van der Waals surface area (Å²) in [4.78, 5) is 7.25. The van der Waals surface area contributed by atoms with Gasteiger partial charge in [0.15, 0.2) is 0 Å². The maximum Gasteiger partial charge on any atom is 0.0703 e. The van der Waals surface area contributed by atoms with E-state index in [4.69, 9.17) is 0 Å². The lowest BCUT2D eigenvalue weighted by molar-refractivity contribution is -0.0399. The molecule has 0 saturated heterocycles. The fraction of sp³-hybridized carbons (Fsp3) is 0.283. The number of pyridine rings is 1. The highest BCUT2D eigenvalue weighted by Crippen LogP contribution is 2.69. The summed E-state index contributed by atoms with van der Waals surface area (Å²) in [5.74, 6) is 3.33. The normalized spacial score (nSPS) is 26.4. The molecule has 12 rings (SSSR count). The molecule has 1 heterocycles.